The highest BCUT2D eigenvalue weighted by Gasteiger charge is 2.35. The van der Waals surface area contributed by atoms with Crippen LogP contribution in [0.5, 0.6) is 0 Å². The van der Waals surface area contributed by atoms with Gasteiger partial charge in [-0.05, 0) is 56.1 Å². The van der Waals surface area contributed by atoms with Crippen LogP contribution in [0.15, 0.2) is 28.5 Å². The minimum absolute atomic E-state index is 0.141. The molecule has 4 aliphatic heterocycles. The van der Waals surface area contributed by atoms with E-state index in [9.17, 15) is 19.8 Å². The number of carboxylic acid groups (broad SMARTS) is 2. The van der Waals surface area contributed by atoms with Crippen molar-refractivity contribution >= 4 is 17.7 Å². The van der Waals surface area contributed by atoms with E-state index in [1.807, 2.05) is 0 Å². The summed E-state index contributed by atoms with van der Waals surface area (Å²) in [5.41, 5.74) is 3.39. The van der Waals surface area contributed by atoms with Crippen LogP contribution in [0.4, 0.5) is 0 Å². The lowest BCUT2D eigenvalue weighted by molar-refractivity contribution is -0.140. The van der Waals surface area contributed by atoms with E-state index in [0.29, 0.717) is 18.9 Å². The predicted molar refractivity (Wildman–Crippen MR) is 95.9 cm³/mol. The third kappa shape index (κ3) is 3.28. The number of carbonyl (C=O) groups is 2. The Labute approximate surface area is 152 Å². The van der Waals surface area contributed by atoms with Crippen molar-refractivity contribution in [3.05, 3.63) is 23.5 Å². The minimum atomic E-state index is -0.832. The second kappa shape index (κ2) is 6.87. The standard InChI is InChI=1S/C19H25N3O4/c23-18(24)15-3-1-2-14(20-15)11-4-6-13-8-17-12(10-22(13)9-11)5-7-16(21-17)19(25)26/h9-10,13-16,20H,1-8H2,(H,23,24)(H,25,26)/t13-,14+,15-,16+/m0/s1. The molecule has 7 nitrogen and oxygen atoms in total. The number of nitrogens with zero attached hydrogens (tertiary/aromatic N) is 2. The molecule has 0 aliphatic carbocycles. The van der Waals surface area contributed by atoms with Crippen LogP contribution in [0.25, 0.3) is 0 Å². The molecule has 0 saturated carbocycles. The van der Waals surface area contributed by atoms with Gasteiger partial charge in [-0.1, -0.05) is 0 Å². The molecule has 0 aromatic heterocycles. The normalized spacial score (nSPS) is 34.0. The predicted octanol–water partition coefficient (Wildman–Crippen LogP) is 1.91. The lowest BCUT2D eigenvalue weighted by Crippen LogP contribution is -2.49. The Kier molecular flexibility index (Phi) is 4.56. The van der Waals surface area contributed by atoms with Gasteiger partial charge in [0.05, 0.1) is 0 Å². The van der Waals surface area contributed by atoms with E-state index in [4.69, 9.17) is 0 Å². The van der Waals surface area contributed by atoms with E-state index < -0.39 is 24.0 Å². The molecule has 0 bridgehead atoms. The molecule has 0 radical (unpaired) electrons. The first-order valence-electron chi connectivity index (χ1n) is 9.48. The average molecular weight is 359 g/mol. The van der Waals surface area contributed by atoms with E-state index in [1.165, 1.54) is 5.57 Å². The number of hydrogen-bond acceptors (Lipinski definition) is 5. The number of fused-ring (bicyclic) bond motifs is 2. The van der Waals surface area contributed by atoms with Gasteiger partial charge in [-0.2, -0.15) is 0 Å². The fraction of sp³-hybridized carbons (Fsp3) is 0.632. The fourth-order valence-electron chi connectivity index (χ4n) is 4.56. The van der Waals surface area contributed by atoms with Crippen LogP contribution >= 0.6 is 0 Å². The summed E-state index contributed by atoms with van der Waals surface area (Å²) in [4.78, 5) is 29.2. The summed E-state index contributed by atoms with van der Waals surface area (Å²) in [5.74, 6) is -1.60. The van der Waals surface area contributed by atoms with Crippen molar-refractivity contribution in [1.29, 1.82) is 0 Å². The number of piperidine rings is 1. The molecule has 4 rings (SSSR count). The van der Waals surface area contributed by atoms with Crippen molar-refractivity contribution < 1.29 is 19.8 Å². The maximum atomic E-state index is 11.3. The average Bonchev–Trinajstić information content (AvgIpc) is 2.65. The first-order chi connectivity index (χ1) is 12.5. The number of aliphatic carboxylic acids is 2. The number of rotatable bonds is 3. The van der Waals surface area contributed by atoms with Crippen LogP contribution in [0.2, 0.25) is 0 Å². The van der Waals surface area contributed by atoms with Crippen LogP contribution in [-0.2, 0) is 9.59 Å². The van der Waals surface area contributed by atoms with E-state index in [0.717, 1.165) is 49.8 Å². The lowest BCUT2D eigenvalue weighted by Gasteiger charge is -2.41. The van der Waals surface area contributed by atoms with E-state index >= 15 is 0 Å². The third-order valence-corrected chi connectivity index (χ3v) is 6.02. The topological polar surface area (TPSA) is 102 Å². The fourth-order valence-corrected chi connectivity index (χ4v) is 4.56. The van der Waals surface area contributed by atoms with E-state index in [-0.39, 0.29) is 6.04 Å². The zero-order valence-corrected chi connectivity index (χ0v) is 14.7. The molecule has 1 saturated heterocycles. The van der Waals surface area contributed by atoms with Crippen molar-refractivity contribution in [3.63, 3.8) is 0 Å². The number of hydrogen-bond donors (Lipinski definition) is 3. The molecule has 26 heavy (non-hydrogen) atoms. The van der Waals surface area contributed by atoms with Gasteiger partial charge < -0.3 is 15.1 Å². The molecule has 4 heterocycles. The molecule has 0 amide bonds. The number of aliphatic imine (C=N–C) groups is 1. The van der Waals surface area contributed by atoms with Gasteiger partial charge in [-0.15, -0.1) is 0 Å². The SMILES string of the molecule is O=C(O)[C@@H]1CCC[C@H](C2=CN3C=C4CC[C@H](C(=O)O)N=C4C[C@@H]3CC2)N1. The van der Waals surface area contributed by atoms with Crippen molar-refractivity contribution in [1.82, 2.24) is 10.2 Å². The molecule has 0 aromatic rings. The minimum Gasteiger partial charge on any atom is -0.480 e. The molecular formula is C19H25N3O4. The first-order valence-corrected chi connectivity index (χ1v) is 9.48. The van der Waals surface area contributed by atoms with Gasteiger partial charge >= 0.3 is 11.9 Å². The molecule has 3 N–H and O–H groups in total. The Morgan fingerprint density at radius 3 is 2.69 bits per heavy atom. The van der Waals surface area contributed by atoms with Crippen LogP contribution in [-0.4, -0.2) is 56.9 Å². The summed E-state index contributed by atoms with van der Waals surface area (Å²) in [6, 6.07) is -0.574. The zero-order valence-electron chi connectivity index (χ0n) is 14.7. The quantitative estimate of drug-likeness (QED) is 0.711. The Balaban J connectivity index is 1.52. The molecule has 0 unspecified atom stereocenters. The highest BCUT2D eigenvalue weighted by Crippen LogP contribution is 2.35. The molecule has 0 aromatic carbocycles. The second-order valence-electron chi connectivity index (χ2n) is 7.71. The lowest BCUT2D eigenvalue weighted by atomic mass is 9.84. The van der Waals surface area contributed by atoms with E-state index in [2.05, 4.69) is 27.6 Å². The second-order valence-corrected chi connectivity index (χ2v) is 7.71. The van der Waals surface area contributed by atoms with Crippen molar-refractivity contribution in [2.45, 2.75) is 75.5 Å². The summed E-state index contributed by atoms with van der Waals surface area (Å²) < 4.78 is 0. The summed E-state index contributed by atoms with van der Waals surface area (Å²) in [6.07, 6.45) is 11.0. The van der Waals surface area contributed by atoms with Crippen LogP contribution in [0.3, 0.4) is 0 Å². The van der Waals surface area contributed by atoms with Crippen LogP contribution in [0, 0.1) is 0 Å². The van der Waals surface area contributed by atoms with E-state index in [1.54, 1.807) is 0 Å². The Morgan fingerprint density at radius 2 is 1.92 bits per heavy atom. The van der Waals surface area contributed by atoms with Crippen LogP contribution < -0.4 is 5.32 Å². The molecule has 0 spiro atoms. The molecule has 140 valence electrons. The van der Waals surface area contributed by atoms with Crippen molar-refractivity contribution in [2.24, 2.45) is 4.99 Å². The Hall–Kier alpha value is -2.15. The highest BCUT2D eigenvalue weighted by atomic mass is 16.4. The molecule has 4 atom stereocenters. The van der Waals surface area contributed by atoms with Gasteiger partial charge in [0, 0.05) is 36.6 Å². The van der Waals surface area contributed by atoms with Gasteiger partial charge in [-0.25, -0.2) is 4.79 Å². The number of carboxylic acids is 2. The first kappa shape index (κ1) is 17.3. The Bertz CT molecular complexity index is 712. The summed E-state index contributed by atoms with van der Waals surface area (Å²) in [6.45, 7) is 0. The van der Waals surface area contributed by atoms with Gasteiger partial charge in [-0.3, -0.25) is 15.1 Å². The number of allylic oxidation sites excluding steroid dienone is 1. The summed E-state index contributed by atoms with van der Waals surface area (Å²) in [7, 11) is 0. The smallest absolute Gasteiger partial charge is 0.328 e. The maximum Gasteiger partial charge on any atom is 0.328 e. The molecule has 1 fully saturated rings. The van der Waals surface area contributed by atoms with Gasteiger partial charge in [0.15, 0.2) is 0 Å². The molecular weight excluding hydrogens is 334 g/mol. The third-order valence-electron chi connectivity index (χ3n) is 6.02. The summed E-state index contributed by atoms with van der Waals surface area (Å²) in [5, 5.41) is 21.8. The molecule has 4 aliphatic rings. The van der Waals surface area contributed by atoms with Gasteiger partial charge in [0.1, 0.15) is 12.1 Å². The Morgan fingerprint density at radius 1 is 1.08 bits per heavy atom. The monoisotopic (exact) mass is 359 g/mol. The summed E-state index contributed by atoms with van der Waals surface area (Å²) >= 11 is 0. The molecule has 7 heteroatoms. The zero-order chi connectivity index (χ0) is 18.3. The van der Waals surface area contributed by atoms with Gasteiger partial charge in [0.25, 0.3) is 0 Å². The van der Waals surface area contributed by atoms with Gasteiger partial charge in [0.2, 0.25) is 0 Å². The van der Waals surface area contributed by atoms with Crippen LogP contribution in [0.1, 0.15) is 51.4 Å². The number of nitrogens with one attached hydrogen (secondary N) is 1. The van der Waals surface area contributed by atoms with Crippen molar-refractivity contribution in [2.75, 3.05) is 0 Å². The highest BCUT2D eigenvalue weighted by molar-refractivity contribution is 6.03. The maximum absolute atomic E-state index is 11.3. The largest absolute Gasteiger partial charge is 0.480 e. The van der Waals surface area contributed by atoms with Crippen molar-refractivity contribution in [3.8, 4) is 0 Å².